The minimum atomic E-state index is 0.971. The molecule has 1 heterocycles. The van der Waals surface area contributed by atoms with Gasteiger partial charge in [0.1, 0.15) is 0 Å². The van der Waals surface area contributed by atoms with Crippen molar-refractivity contribution in [2.24, 2.45) is 4.99 Å². The van der Waals surface area contributed by atoms with Gasteiger partial charge in [-0.15, -0.1) is 0 Å². The highest BCUT2D eigenvalue weighted by Crippen LogP contribution is 2.11. The standard InChI is InChI=1S/C11H22N2S/c1-2-3-4-5-6-7-10-14-11-12-8-9-13-11/h2-10H2,1H3,(H,12,13). The zero-order valence-electron chi connectivity index (χ0n) is 9.22. The molecule has 2 nitrogen and oxygen atoms in total. The number of unbranched alkanes of at least 4 members (excludes halogenated alkanes) is 5. The molecule has 0 bridgehead atoms. The fourth-order valence-electron chi connectivity index (χ4n) is 1.52. The first-order valence-corrected chi connectivity index (χ1v) is 6.83. The van der Waals surface area contributed by atoms with Gasteiger partial charge in [-0.2, -0.15) is 0 Å². The van der Waals surface area contributed by atoms with E-state index >= 15 is 0 Å². The second-order valence-corrected chi connectivity index (χ2v) is 4.81. The Kier molecular flexibility index (Phi) is 6.93. The first-order chi connectivity index (χ1) is 6.93. The van der Waals surface area contributed by atoms with E-state index in [1.807, 2.05) is 11.8 Å². The van der Waals surface area contributed by atoms with Gasteiger partial charge in [0.2, 0.25) is 0 Å². The van der Waals surface area contributed by atoms with E-state index < -0.39 is 0 Å². The molecule has 1 aliphatic heterocycles. The number of hydrogen-bond acceptors (Lipinski definition) is 3. The Bertz CT molecular complexity index is 169. The number of rotatable bonds is 7. The number of nitrogens with one attached hydrogen (secondary N) is 1. The Labute approximate surface area is 92.0 Å². The molecule has 0 aromatic rings. The third-order valence-corrected chi connectivity index (χ3v) is 3.42. The Morgan fingerprint density at radius 2 is 2.00 bits per heavy atom. The summed E-state index contributed by atoms with van der Waals surface area (Å²) < 4.78 is 0. The minimum absolute atomic E-state index is 0.971. The lowest BCUT2D eigenvalue weighted by atomic mass is 10.1. The number of nitrogens with zero attached hydrogens (tertiary/aromatic N) is 1. The molecule has 14 heavy (non-hydrogen) atoms. The highest BCUT2D eigenvalue weighted by molar-refractivity contribution is 8.13. The SMILES string of the molecule is CCCCCCCCSC1=NCCN1. The van der Waals surface area contributed by atoms with Crippen molar-refractivity contribution >= 4 is 16.9 Å². The number of hydrogen-bond donors (Lipinski definition) is 1. The zero-order valence-corrected chi connectivity index (χ0v) is 10.0. The first kappa shape index (κ1) is 11.9. The van der Waals surface area contributed by atoms with Gasteiger partial charge in [-0.1, -0.05) is 50.8 Å². The fourth-order valence-corrected chi connectivity index (χ4v) is 2.45. The fraction of sp³-hybridized carbons (Fsp3) is 0.909. The maximum atomic E-state index is 4.35. The molecule has 0 atom stereocenters. The molecule has 0 radical (unpaired) electrons. The summed E-state index contributed by atoms with van der Waals surface area (Å²) in [5.41, 5.74) is 0. The van der Waals surface area contributed by atoms with E-state index in [0.717, 1.165) is 13.1 Å². The van der Waals surface area contributed by atoms with E-state index in [1.165, 1.54) is 49.4 Å². The van der Waals surface area contributed by atoms with Crippen molar-refractivity contribution in [3.63, 3.8) is 0 Å². The molecule has 0 unspecified atom stereocenters. The Morgan fingerprint density at radius 1 is 1.21 bits per heavy atom. The predicted octanol–water partition coefficient (Wildman–Crippen LogP) is 3.04. The summed E-state index contributed by atoms with van der Waals surface area (Å²) in [6.07, 6.45) is 8.31. The average Bonchev–Trinajstić information content (AvgIpc) is 2.69. The van der Waals surface area contributed by atoms with Crippen LogP contribution in [0.1, 0.15) is 45.4 Å². The third kappa shape index (κ3) is 5.53. The molecule has 0 aromatic heterocycles. The first-order valence-electron chi connectivity index (χ1n) is 5.84. The smallest absolute Gasteiger partial charge is 0.156 e. The van der Waals surface area contributed by atoms with E-state index in [9.17, 15) is 0 Å². The summed E-state index contributed by atoms with van der Waals surface area (Å²) in [6.45, 7) is 4.28. The van der Waals surface area contributed by atoms with Gasteiger partial charge in [-0.3, -0.25) is 4.99 Å². The van der Waals surface area contributed by atoms with E-state index in [-0.39, 0.29) is 0 Å². The molecule has 0 saturated carbocycles. The van der Waals surface area contributed by atoms with Crippen molar-refractivity contribution in [3.05, 3.63) is 0 Å². The van der Waals surface area contributed by atoms with Crippen molar-refractivity contribution in [1.29, 1.82) is 0 Å². The van der Waals surface area contributed by atoms with Crippen LogP contribution in [0.2, 0.25) is 0 Å². The topological polar surface area (TPSA) is 24.4 Å². The predicted molar refractivity (Wildman–Crippen MR) is 66.1 cm³/mol. The Balaban J connectivity index is 1.80. The molecule has 3 heteroatoms. The summed E-state index contributed by atoms with van der Waals surface area (Å²) in [7, 11) is 0. The highest BCUT2D eigenvalue weighted by Gasteiger charge is 2.03. The summed E-state index contributed by atoms with van der Waals surface area (Å²) in [5.74, 6) is 1.23. The molecule has 0 spiro atoms. The summed E-state index contributed by atoms with van der Waals surface area (Å²) >= 11 is 1.89. The van der Waals surface area contributed by atoms with Crippen LogP contribution in [0.15, 0.2) is 4.99 Å². The van der Waals surface area contributed by atoms with Gasteiger partial charge in [0.05, 0.1) is 6.54 Å². The number of amidine groups is 1. The third-order valence-electron chi connectivity index (χ3n) is 2.38. The molecular formula is C11H22N2S. The van der Waals surface area contributed by atoms with Gasteiger partial charge in [0.25, 0.3) is 0 Å². The van der Waals surface area contributed by atoms with Crippen molar-refractivity contribution in [3.8, 4) is 0 Å². The van der Waals surface area contributed by atoms with Gasteiger partial charge >= 0.3 is 0 Å². The molecule has 0 amide bonds. The summed E-state index contributed by atoms with van der Waals surface area (Å²) in [5, 5.41) is 4.45. The molecule has 1 N–H and O–H groups in total. The lowest BCUT2D eigenvalue weighted by Gasteiger charge is -2.01. The van der Waals surface area contributed by atoms with Crippen LogP contribution >= 0.6 is 11.8 Å². The largest absolute Gasteiger partial charge is 0.363 e. The van der Waals surface area contributed by atoms with Gasteiger partial charge in [0.15, 0.2) is 5.17 Å². The van der Waals surface area contributed by atoms with E-state index in [1.54, 1.807) is 0 Å². The van der Waals surface area contributed by atoms with Crippen LogP contribution in [0.4, 0.5) is 0 Å². The maximum Gasteiger partial charge on any atom is 0.156 e. The maximum absolute atomic E-state index is 4.35. The van der Waals surface area contributed by atoms with Crippen LogP contribution in [-0.2, 0) is 0 Å². The quantitative estimate of drug-likeness (QED) is 0.659. The number of thioether (sulfide) groups is 1. The second kappa shape index (κ2) is 8.16. The van der Waals surface area contributed by atoms with Gasteiger partial charge in [0, 0.05) is 12.3 Å². The molecule has 0 aliphatic carbocycles. The average molecular weight is 214 g/mol. The molecule has 1 rings (SSSR count). The van der Waals surface area contributed by atoms with Crippen molar-refractivity contribution in [2.45, 2.75) is 45.4 Å². The van der Waals surface area contributed by atoms with Crippen LogP contribution in [0, 0.1) is 0 Å². The van der Waals surface area contributed by atoms with Crippen molar-refractivity contribution in [2.75, 3.05) is 18.8 Å². The summed E-state index contributed by atoms with van der Waals surface area (Å²) in [6, 6.07) is 0. The van der Waals surface area contributed by atoms with Crippen LogP contribution in [0.5, 0.6) is 0 Å². The van der Waals surface area contributed by atoms with Crippen molar-refractivity contribution < 1.29 is 0 Å². The lowest BCUT2D eigenvalue weighted by molar-refractivity contribution is 0.627. The minimum Gasteiger partial charge on any atom is -0.363 e. The molecule has 0 saturated heterocycles. The highest BCUT2D eigenvalue weighted by atomic mass is 32.2. The van der Waals surface area contributed by atoms with E-state index in [4.69, 9.17) is 0 Å². The molecule has 0 aromatic carbocycles. The second-order valence-electron chi connectivity index (χ2n) is 3.73. The normalized spacial score (nSPS) is 15.4. The van der Waals surface area contributed by atoms with Crippen LogP contribution in [0.3, 0.4) is 0 Å². The zero-order chi connectivity index (χ0) is 10.1. The number of aliphatic imine (C=N–C) groups is 1. The van der Waals surface area contributed by atoms with Crippen LogP contribution in [-0.4, -0.2) is 24.0 Å². The molecule has 82 valence electrons. The van der Waals surface area contributed by atoms with E-state index in [2.05, 4.69) is 17.2 Å². The molecule has 0 fully saturated rings. The van der Waals surface area contributed by atoms with Crippen LogP contribution in [0.25, 0.3) is 0 Å². The Morgan fingerprint density at radius 3 is 2.71 bits per heavy atom. The van der Waals surface area contributed by atoms with Gasteiger partial charge in [-0.05, 0) is 6.42 Å². The Hall–Kier alpha value is -0.180. The molecular weight excluding hydrogens is 192 g/mol. The van der Waals surface area contributed by atoms with Gasteiger partial charge in [-0.25, -0.2) is 0 Å². The monoisotopic (exact) mass is 214 g/mol. The van der Waals surface area contributed by atoms with Gasteiger partial charge < -0.3 is 5.32 Å². The lowest BCUT2D eigenvalue weighted by Crippen LogP contribution is -2.15. The molecule has 1 aliphatic rings. The summed E-state index contributed by atoms with van der Waals surface area (Å²) in [4.78, 5) is 4.35. The van der Waals surface area contributed by atoms with E-state index in [0.29, 0.717) is 0 Å². The van der Waals surface area contributed by atoms with Crippen LogP contribution < -0.4 is 5.32 Å². The van der Waals surface area contributed by atoms with Crippen molar-refractivity contribution in [1.82, 2.24) is 5.32 Å².